The van der Waals surface area contributed by atoms with Crippen LogP contribution in [0.2, 0.25) is 0 Å². The van der Waals surface area contributed by atoms with Crippen LogP contribution in [-0.4, -0.2) is 71.6 Å². The van der Waals surface area contributed by atoms with Crippen LogP contribution in [-0.2, 0) is 4.79 Å². The fraction of sp³-hybridized carbons (Fsp3) is 0.429. The molecule has 0 bridgehead atoms. The minimum absolute atomic E-state index is 0.0752. The summed E-state index contributed by atoms with van der Waals surface area (Å²) in [6, 6.07) is 3.19. The number of benzene rings is 1. The quantitative estimate of drug-likeness (QED) is 0.690. The Labute approximate surface area is 122 Å². The third kappa shape index (κ3) is 3.08. The minimum Gasteiger partial charge on any atom is -0.508 e. The van der Waals surface area contributed by atoms with E-state index in [0.29, 0.717) is 19.6 Å². The fourth-order valence-electron chi connectivity index (χ4n) is 2.32. The lowest BCUT2D eigenvalue weighted by atomic mass is 10.1. The zero-order valence-corrected chi connectivity index (χ0v) is 12.0. The Morgan fingerprint density at radius 1 is 1.33 bits per heavy atom. The third-order valence-corrected chi connectivity index (χ3v) is 3.44. The predicted octanol–water partition coefficient (Wildman–Crippen LogP) is -0.400. The average Bonchev–Trinajstić information content (AvgIpc) is 2.45. The molecule has 114 valence electrons. The molecule has 1 aliphatic heterocycles. The Bertz CT molecular complexity index is 559. The molecule has 0 radical (unpaired) electrons. The van der Waals surface area contributed by atoms with Crippen molar-refractivity contribution in [2.45, 2.75) is 6.04 Å². The SMILES string of the molecule is CN(C)C(=O)C1CNCCN1C(=O)c1ccc(O)cc1O. The number of rotatable bonds is 2. The smallest absolute Gasteiger partial charge is 0.258 e. The molecule has 3 N–H and O–H groups in total. The molecule has 0 saturated carbocycles. The number of likely N-dealkylation sites (N-methyl/N-ethyl adjacent to an activating group) is 1. The van der Waals surface area contributed by atoms with Gasteiger partial charge in [0.2, 0.25) is 5.91 Å². The van der Waals surface area contributed by atoms with Crippen LogP contribution in [0.1, 0.15) is 10.4 Å². The van der Waals surface area contributed by atoms with E-state index in [1.54, 1.807) is 14.1 Å². The maximum Gasteiger partial charge on any atom is 0.258 e. The molecule has 0 aliphatic carbocycles. The second kappa shape index (κ2) is 6.01. The van der Waals surface area contributed by atoms with Crippen LogP contribution in [0.25, 0.3) is 0 Å². The zero-order valence-electron chi connectivity index (χ0n) is 12.0. The van der Waals surface area contributed by atoms with E-state index < -0.39 is 11.9 Å². The lowest BCUT2D eigenvalue weighted by molar-refractivity contribution is -0.134. The summed E-state index contributed by atoms with van der Waals surface area (Å²) in [6.45, 7) is 1.34. The van der Waals surface area contributed by atoms with E-state index in [-0.39, 0.29) is 23.0 Å². The van der Waals surface area contributed by atoms with Gasteiger partial charge in [0.1, 0.15) is 17.5 Å². The van der Waals surface area contributed by atoms with Gasteiger partial charge in [0.15, 0.2) is 0 Å². The van der Waals surface area contributed by atoms with Gasteiger partial charge in [-0.15, -0.1) is 0 Å². The summed E-state index contributed by atoms with van der Waals surface area (Å²) in [5.74, 6) is -1.01. The lowest BCUT2D eigenvalue weighted by Gasteiger charge is -2.36. The highest BCUT2D eigenvalue weighted by atomic mass is 16.3. The van der Waals surface area contributed by atoms with E-state index in [0.717, 1.165) is 6.07 Å². The fourth-order valence-corrected chi connectivity index (χ4v) is 2.32. The van der Waals surface area contributed by atoms with E-state index in [9.17, 15) is 19.8 Å². The van der Waals surface area contributed by atoms with Gasteiger partial charge in [-0.1, -0.05) is 0 Å². The molecular weight excluding hydrogens is 274 g/mol. The van der Waals surface area contributed by atoms with Crippen molar-refractivity contribution in [3.63, 3.8) is 0 Å². The van der Waals surface area contributed by atoms with Gasteiger partial charge in [-0.05, 0) is 12.1 Å². The molecule has 0 aromatic heterocycles. The summed E-state index contributed by atoms with van der Waals surface area (Å²) in [5.41, 5.74) is 0.0752. The van der Waals surface area contributed by atoms with Crippen molar-refractivity contribution in [3.05, 3.63) is 23.8 Å². The van der Waals surface area contributed by atoms with Crippen LogP contribution >= 0.6 is 0 Å². The minimum atomic E-state index is -0.602. The highest BCUT2D eigenvalue weighted by Gasteiger charge is 2.34. The maximum atomic E-state index is 12.6. The van der Waals surface area contributed by atoms with E-state index in [4.69, 9.17) is 0 Å². The second-order valence-corrected chi connectivity index (χ2v) is 5.15. The molecule has 1 aromatic carbocycles. The number of nitrogens with one attached hydrogen (secondary N) is 1. The van der Waals surface area contributed by atoms with E-state index >= 15 is 0 Å². The largest absolute Gasteiger partial charge is 0.508 e. The van der Waals surface area contributed by atoms with Gasteiger partial charge in [0.05, 0.1) is 5.56 Å². The van der Waals surface area contributed by atoms with Crippen LogP contribution in [0, 0.1) is 0 Å². The van der Waals surface area contributed by atoms with Crippen LogP contribution < -0.4 is 5.32 Å². The molecule has 0 spiro atoms. The molecular formula is C14H19N3O4. The summed E-state index contributed by atoms with van der Waals surface area (Å²) in [6.07, 6.45) is 0. The molecule has 7 heteroatoms. The summed E-state index contributed by atoms with van der Waals surface area (Å²) in [7, 11) is 3.27. The highest BCUT2D eigenvalue weighted by Crippen LogP contribution is 2.25. The molecule has 1 fully saturated rings. The number of carbonyl (C=O) groups is 2. The molecule has 7 nitrogen and oxygen atoms in total. The Morgan fingerprint density at radius 3 is 2.67 bits per heavy atom. The van der Waals surface area contributed by atoms with Crippen LogP contribution in [0.3, 0.4) is 0 Å². The molecule has 1 unspecified atom stereocenters. The van der Waals surface area contributed by atoms with Gasteiger partial charge in [-0.2, -0.15) is 0 Å². The summed E-state index contributed by atoms with van der Waals surface area (Å²) >= 11 is 0. The third-order valence-electron chi connectivity index (χ3n) is 3.44. The number of phenols is 2. The zero-order chi connectivity index (χ0) is 15.6. The monoisotopic (exact) mass is 293 g/mol. The summed E-state index contributed by atoms with van der Waals surface area (Å²) in [4.78, 5) is 27.6. The Balaban J connectivity index is 2.28. The Hall–Kier alpha value is -2.28. The van der Waals surface area contributed by atoms with Gasteiger partial charge in [0.25, 0.3) is 5.91 Å². The van der Waals surface area contributed by atoms with Crippen LogP contribution in [0.4, 0.5) is 0 Å². The molecule has 21 heavy (non-hydrogen) atoms. The molecule has 2 amide bonds. The van der Waals surface area contributed by atoms with E-state index in [2.05, 4.69) is 5.32 Å². The predicted molar refractivity (Wildman–Crippen MR) is 76.2 cm³/mol. The molecule has 1 aromatic rings. The van der Waals surface area contributed by atoms with Gasteiger partial charge in [0, 0.05) is 39.8 Å². The topological polar surface area (TPSA) is 93.1 Å². The first kappa shape index (κ1) is 15.1. The summed E-state index contributed by atoms with van der Waals surface area (Å²) < 4.78 is 0. The van der Waals surface area contributed by atoms with Crippen molar-refractivity contribution in [1.29, 1.82) is 0 Å². The van der Waals surface area contributed by atoms with Crippen molar-refractivity contribution < 1.29 is 19.8 Å². The average molecular weight is 293 g/mol. The number of amides is 2. The van der Waals surface area contributed by atoms with Gasteiger partial charge < -0.3 is 25.3 Å². The van der Waals surface area contributed by atoms with Crippen molar-refractivity contribution in [2.75, 3.05) is 33.7 Å². The number of piperazine rings is 1. The second-order valence-electron chi connectivity index (χ2n) is 5.15. The number of hydrogen-bond acceptors (Lipinski definition) is 5. The standard InChI is InChI=1S/C14H19N3O4/c1-16(2)14(21)11-8-15-5-6-17(11)13(20)10-4-3-9(18)7-12(10)19/h3-4,7,11,15,18-19H,5-6,8H2,1-2H3. The molecule has 1 atom stereocenters. The van der Waals surface area contributed by atoms with Crippen molar-refractivity contribution in [3.8, 4) is 11.5 Å². The Kier molecular flexibility index (Phi) is 4.32. The number of carbonyl (C=O) groups excluding carboxylic acids is 2. The van der Waals surface area contributed by atoms with Gasteiger partial charge in [-0.3, -0.25) is 9.59 Å². The molecule has 1 heterocycles. The number of aromatic hydroxyl groups is 2. The van der Waals surface area contributed by atoms with Gasteiger partial charge in [-0.25, -0.2) is 0 Å². The van der Waals surface area contributed by atoms with Crippen LogP contribution in [0.15, 0.2) is 18.2 Å². The maximum absolute atomic E-state index is 12.6. The lowest BCUT2D eigenvalue weighted by Crippen LogP contribution is -2.59. The van der Waals surface area contributed by atoms with Crippen molar-refractivity contribution >= 4 is 11.8 Å². The number of nitrogens with zero attached hydrogens (tertiary/aromatic N) is 2. The molecule has 2 rings (SSSR count). The van der Waals surface area contributed by atoms with E-state index in [1.807, 2.05) is 0 Å². The number of phenolic OH excluding ortho intramolecular Hbond substituents is 2. The normalized spacial score (nSPS) is 18.4. The summed E-state index contributed by atoms with van der Waals surface area (Å²) in [5, 5.41) is 22.2. The Morgan fingerprint density at radius 2 is 2.05 bits per heavy atom. The van der Waals surface area contributed by atoms with Crippen LogP contribution in [0.5, 0.6) is 11.5 Å². The highest BCUT2D eigenvalue weighted by molar-refractivity contribution is 5.99. The van der Waals surface area contributed by atoms with E-state index in [1.165, 1.54) is 21.9 Å². The first-order chi connectivity index (χ1) is 9.91. The van der Waals surface area contributed by atoms with Gasteiger partial charge >= 0.3 is 0 Å². The van der Waals surface area contributed by atoms with Crippen molar-refractivity contribution in [1.82, 2.24) is 15.1 Å². The first-order valence-corrected chi connectivity index (χ1v) is 6.66. The number of hydrogen-bond donors (Lipinski definition) is 3. The first-order valence-electron chi connectivity index (χ1n) is 6.66. The molecule has 1 aliphatic rings. The molecule has 1 saturated heterocycles. The van der Waals surface area contributed by atoms with Crippen molar-refractivity contribution in [2.24, 2.45) is 0 Å².